The number of hydrogen-bond donors (Lipinski definition) is 0. The average molecular weight is 142 g/mol. The Balaban J connectivity index is 2.43. The van der Waals surface area contributed by atoms with E-state index in [-0.39, 0.29) is 6.61 Å². The third kappa shape index (κ3) is 1.97. The minimum Gasteiger partial charge on any atom is -0.488 e. The summed E-state index contributed by atoms with van der Waals surface area (Å²) in [6.07, 6.45) is 4.37. The quantitative estimate of drug-likeness (QED) is 0.626. The van der Waals surface area contributed by atoms with E-state index in [1.165, 1.54) is 18.7 Å². The topological polar surface area (TPSA) is 35.0 Å². The Kier molecular flexibility index (Phi) is 2.61. The first-order chi connectivity index (χ1) is 4.93. The van der Waals surface area contributed by atoms with Crippen LogP contribution in [0.3, 0.4) is 0 Å². The SMILES string of the molecule is FCCOc1cncnc1. The standard InChI is InChI=1S/C6H7FN2O/c7-1-2-10-6-3-8-5-9-4-6/h3-5H,1-2H2. The molecule has 0 unspecified atom stereocenters. The van der Waals surface area contributed by atoms with E-state index in [0.29, 0.717) is 5.75 Å². The maximum absolute atomic E-state index is 11.5. The molecule has 0 saturated carbocycles. The molecule has 54 valence electrons. The van der Waals surface area contributed by atoms with Crippen LogP contribution < -0.4 is 4.74 Å². The third-order valence-electron chi connectivity index (χ3n) is 0.883. The summed E-state index contributed by atoms with van der Waals surface area (Å²) in [4.78, 5) is 7.36. The van der Waals surface area contributed by atoms with E-state index in [2.05, 4.69) is 9.97 Å². The van der Waals surface area contributed by atoms with Gasteiger partial charge in [0.15, 0.2) is 5.75 Å². The lowest BCUT2D eigenvalue weighted by molar-refractivity contribution is 0.271. The van der Waals surface area contributed by atoms with Crippen molar-refractivity contribution in [1.29, 1.82) is 0 Å². The predicted molar refractivity (Wildman–Crippen MR) is 33.5 cm³/mol. The minimum absolute atomic E-state index is 0.0629. The summed E-state index contributed by atoms with van der Waals surface area (Å²) in [5.74, 6) is 0.500. The van der Waals surface area contributed by atoms with E-state index < -0.39 is 6.67 Å². The van der Waals surface area contributed by atoms with Gasteiger partial charge in [-0.25, -0.2) is 14.4 Å². The second-order valence-electron chi connectivity index (χ2n) is 1.61. The van der Waals surface area contributed by atoms with Gasteiger partial charge < -0.3 is 4.74 Å². The molecule has 1 aromatic heterocycles. The van der Waals surface area contributed by atoms with Crippen molar-refractivity contribution in [3.63, 3.8) is 0 Å². The van der Waals surface area contributed by atoms with Crippen molar-refractivity contribution in [1.82, 2.24) is 9.97 Å². The van der Waals surface area contributed by atoms with Crippen molar-refractivity contribution < 1.29 is 9.13 Å². The molecule has 1 heterocycles. The van der Waals surface area contributed by atoms with Crippen molar-refractivity contribution in [2.24, 2.45) is 0 Å². The summed E-state index contributed by atoms with van der Waals surface area (Å²) < 4.78 is 16.4. The normalized spacial score (nSPS) is 9.30. The van der Waals surface area contributed by atoms with Gasteiger partial charge in [-0.15, -0.1) is 0 Å². The van der Waals surface area contributed by atoms with Crippen LogP contribution >= 0.6 is 0 Å². The van der Waals surface area contributed by atoms with E-state index in [9.17, 15) is 4.39 Å². The molecule has 0 N–H and O–H groups in total. The molecule has 0 spiro atoms. The smallest absolute Gasteiger partial charge is 0.156 e. The Morgan fingerprint density at radius 3 is 2.70 bits per heavy atom. The summed E-state index contributed by atoms with van der Waals surface area (Å²) in [6, 6.07) is 0. The maximum atomic E-state index is 11.5. The highest BCUT2D eigenvalue weighted by Crippen LogP contribution is 2.02. The first kappa shape index (κ1) is 6.92. The first-order valence-electron chi connectivity index (χ1n) is 2.87. The van der Waals surface area contributed by atoms with Gasteiger partial charge in [-0.2, -0.15) is 0 Å². The molecule has 0 aliphatic rings. The van der Waals surface area contributed by atoms with E-state index in [1.54, 1.807) is 0 Å². The summed E-state index contributed by atoms with van der Waals surface area (Å²) in [6.45, 7) is -0.428. The Labute approximate surface area is 57.9 Å². The molecular weight excluding hydrogens is 135 g/mol. The zero-order valence-corrected chi connectivity index (χ0v) is 5.33. The van der Waals surface area contributed by atoms with Crippen LogP contribution in [0.1, 0.15) is 0 Å². The van der Waals surface area contributed by atoms with Gasteiger partial charge in [0.25, 0.3) is 0 Å². The Bertz CT molecular complexity index is 180. The van der Waals surface area contributed by atoms with Crippen molar-refractivity contribution in [3.05, 3.63) is 18.7 Å². The van der Waals surface area contributed by atoms with Crippen molar-refractivity contribution in [2.45, 2.75) is 0 Å². The summed E-state index contributed by atoms with van der Waals surface area (Å²) in [5.41, 5.74) is 0. The number of hydrogen-bond acceptors (Lipinski definition) is 3. The summed E-state index contributed by atoms with van der Waals surface area (Å²) in [7, 11) is 0. The molecule has 1 rings (SSSR count). The first-order valence-corrected chi connectivity index (χ1v) is 2.87. The maximum Gasteiger partial charge on any atom is 0.156 e. The number of ether oxygens (including phenoxy) is 1. The monoisotopic (exact) mass is 142 g/mol. The molecule has 3 nitrogen and oxygen atoms in total. The Hall–Kier alpha value is -1.19. The van der Waals surface area contributed by atoms with Crippen LogP contribution in [0.25, 0.3) is 0 Å². The van der Waals surface area contributed by atoms with Gasteiger partial charge in [0, 0.05) is 0 Å². The zero-order chi connectivity index (χ0) is 7.23. The van der Waals surface area contributed by atoms with Crippen LogP contribution in [-0.2, 0) is 0 Å². The van der Waals surface area contributed by atoms with Crippen LogP contribution in [0.15, 0.2) is 18.7 Å². The summed E-state index contributed by atoms with van der Waals surface area (Å²) in [5, 5.41) is 0. The molecule has 1 aromatic rings. The molecule has 0 bridgehead atoms. The van der Waals surface area contributed by atoms with E-state index in [0.717, 1.165) is 0 Å². The molecular formula is C6H7FN2O. The lowest BCUT2D eigenvalue weighted by Crippen LogP contribution is -1.98. The van der Waals surface area contributed by atoms with Crippen LogP contribution in [-0.4, -0.2) is 23.2 Å². The van der Waals surface area contributed by atoms with Crippen LogP contribution in [0, 0.1) is 0 Å². The fourth-order valence-corrected chi connectivity index (χ4v) is 0.516. The second kappa shape index (κ2) is 3.76. The Morgan fingerprint density at radius 2 is 2.10 bits per heavy atom. The molecule has 0 fully saturated rings. The van der Waals surface area contributed by atoms with Gasteiger partial charge in [0.05, 0.1) is 12.4 Å². The fourth-order valence-electron chi connectivity index (χ4n) is 0.516. The molecule has 0 radical (unpaired) electrons. The largest absolute Gasteiger partial charge is 0.488 e. The average Bonchev–Trinajstić information content (AvgIpc) is 2.03. The second-order valence-corrected chi connectivity index (χ2v) is 1.61. The lowest BCUT2D eigenvalue weighted by atomic mass is 10.6. The third-order valence-corrected chi connectivity index (χ3v) is 0.883. The molecule has 0 atom stereocenters. The highest BCUT2D eigenvalue weighted by molar-refractivity contribution is 5.09. The molecule has 0 amide bonds. The molecule has 0 aliphatic heterocycles. The van der Waals surface area contributed by atoms with Gasteiger partial charge >= 0.3 is 0 Å². The van der Waals surface area contributed by atoms with Crippen LogP contribution in [0.2, 0.25) is 0 Å². The predicted octanol–water partition coefficient (Wildman–Crippen LogP) is 0.825. The highest BCUT2D eigenvalue weighted by Gasteiger charge is 1.89. The number of alkyl halides is 1. The number of nitrogens with zero attached hydrogens (tertiary/aromatic N) is 2. The molecule has 0 aliphatic carbocycles. The molecule has 10 heavy (non-hydrogen) atoms. The van der Waals surface area contributed by atoms with Gasteiger partial charge in [-0.3, -0.25) is 0 Å². The molecule has 0 saturated heterocycles. The number of halogens is 1. The molecule has 0 aromatic carbocycles. The number of aromatic nitrogens is 2. The van der Waals surface area contributed by atoms with Gasteiger partial charge in [0.2, 0.25) is 0 Å². The van der Waals surface area contributed by atoms with Crippen molar-refractivity contribution in [2.75, 3.05) is 13.3 Å². The van der Waals surface area contributed by atoms with Gasteiger partial charge in [-0.05, 0) is 0 Å². The van der Waals surface area contributed by atoms with Crippen LogP contribution in [0.4, 0.5) is 4.39 Å². The number of rotatable bonds is 3. The zero-order valence-electron chi connectivity index (χ0n) is 5.33. The van der Waals surface area contributed by atoms with E-state index in [1.807, 2.05) is 0 Å². The van der Waals surface area contributed by atoms with E-state index in [4.69, 9.17) is 4.74 Å². The Morgan fingerprint density at radius 1 is 1.40 bits per heavy atom. The lowest BCUT2D eigenvalue weighted by Gasteiger charge is -1.99. The van der Waals surface area contributed by atoms with E-state index >= 15 is 0 Å². The van der Waals surface area contributed by atoms with Crippen molar-refractivity contribution in [3.8, 4) is 5.75 Å². The highest BCUT2D eigenvalue weighted by atomic mass is 19.1. The van der Waals surface area contributed by atoms with Crippen LogP contribution in [0.5, 0.6) is 5.75 Å². The fraction of sp³-hybridized carbons (Fsp3) is 0.333. The summed E-state index contributed by atoms with van der Waals surface area (Å²) >= 11 is 0. The van der Waals surface area contributed by atoms with Gasteiger partial charge in [-0.1, -0.05) is 0 Å². The molecule has 4 heteroatoms. The van der Waals surface area contributed by atoms with Gasteiger partial charge in [0.1, 0.15) is 19.6 Å². The van der Waals surface area contributed by atoms with Crippen molar-refractivity contribution >= 4 is 0 Å². The minimum atomic E-state index is -0.491.